The second-order valence-electron chi connectivity index (χ2n) is 5.48. The number of ether oxygens (including phenoxy) is 1. The van der Waals surface area contributed by atoms with E-state index in [1.54, 1.807) is 23.1 Å². The first kappa shape index (κ1) is 13.4. The van der Waals surface area contributed by atoms with E-state index >= 15 is 0 Å². The number of hydrogen-bond acceptors (Lipinski definition) is 3. The molecule has 0 radical (unpaired) electrons. The predicted octanol–water partition coefficient (Wildman–Crippen LogP) is 2.15. The van der Waals surface area contributed by atoms with Crippen LogP contribution in [-0.2, 0) is 11.3 Å². The quantitative estimate of drug-likeness (QED) is 0.921. The van der Waals surface area contributed by atoms with Crippen LogP contribution < -0.4 is 5.32 Å². The van der Waals surface area contributed by atoms with Crippen molar-refractivity contribution in [2.75, 3.05) is 19.6 Å². The maximum Gasteiger partial charge on any atom is 0.410 e. The molecule has 2 fully saturated rings. The highest BCUT2D eigenvalue weighted by Crippen LogP contribution is 2.26. The van der Waals surface area contributed by atoms with Crippen LogP contribution in [0.2, 0.25) is 0 Å². The molecule has 20 heavy (non-hydrogen) atoms. The van der Waals surface area contributed by atoms with E-state index in [2.05, 4.69) is 5.32 Å². The zero-order valence-corrected chi connectivity index (χ0v) is 11.3. The standard InChI is InChI=1S/C15H19FN2O2/c16-13-4-2-1-3-12(13)9-18-10-14(20-15(18)19)11-5-7-17-8-6-11/h1-4,11,14,17H,5-10H2. The number of hydrogen-bond donors (Lipinski definition) is 1. The number of piperidine rings is 1. The van der Waals surface area contributed by atoms with Crippen molar-refractivity contribution in [3.63, 3.8) is 0 Å². The minimum atomic E-state index is -0.322. The van der Waals surface area contributed by atoms with Crippen molar-refractivity contribution in [2.45, 2.75) is 25.5 Å². The van der Waals surface area contributed by atoms with Crippen LogP contribution in [-0.4, -0.2) is 36.7 Å². The monoisotopic (exact) mass is 278 g/mol. The molecule has 1 aromatic carbocycles. The third kappa shape index (κ3) is 2.77. The number of nitrogens with one attached hydrogen (secondary N) is 1. The average molecular weight is 278 g/mol. The van der Waals surface area contributed by atoms with Crippen molar-refractivity contribution in [2.24, 2.45) is 5.92 Å². The summed E-state index contributed by atoms with van der Waals surface area (Å²) in [7, 11) is 0. The van der Waals surface area contributed by atoms with Crippen LogP contribution in [0.15, 0.2) is 24.3 Å². The number of rotatable bonds is 3. The Hall–Kier alpha value is -1.62. The summed E-state index contributed by atoms with van der Waals surface area (Å²) in [5.74, 6) is 0.149. The van der Waals surface area contributed by atoms with Gasteiger partial charge in [-0.05, 0) is 32.0 Å². The van der Waals surface area contributed by atoms with Crippen LogP contribution in [0, 0.1) is 11.7 Å². The Morgan fingerprint density at radius 3 is 2.80 bits per heavy atom. The molecule has 0 aromatic heterocycles. The highest BCUT2D eigenvalue weighted by molar-refractivity contribution is 5.70. The summed E-state index contributed by atoms with van der Waals surface area (Å²) in [4.78, 5) is 13.5. The molecule has 108 valence electrons. The average Bonchev–Trinajstić information content (AvgIpc) is 2.84. The van der Waals surface area contributed by atoms with E-state index in [1.165, 1.54) is 6.07 Å². The van der Waals surface area contributed by atoms with Crippen molar-refractivity contribution >= 4 is 6.09 Å². The van der Waals surface area contributed by atoms with Gasteiger partial charge in [0, 0.05) is 11.5 Å². The van der Waals surface area contributed by atoms with E-state index in [9.17, 15) is 9.18 Å². The highest BCUT2D eigenvalue weighted by atomic mass is 19.1. The number of cyclic esters (lactones) is 1. The van der Waals surface area contributed by atoms with E-state index < -0.39 is 0 Å². The molecule has 0 bridgehead atoms. The molecule has 2 saturated heterocycles. The number of carbonyl (C=O) groups excluding carboxylic acids is 1. The van der Waals surface area contributed by atoms with Crippen LogP contribution in [0.5, 0.6) is 0 Å². The summed E-state index contributed by atoms with van der Waals surface area (Å²) in [6, 6.07) is 6.56. The fourth-order valence-corrected chi connectivity index (χ4v) is 2.96. The molecule has 5 heteroatoms. The van der Waals surface area contributed by atoms with Crippen LogP contribution in [0.4, 0.5) is 9.18 Å². The lowest BCUT2D eigenvalue weighted by atomic mass is 9.92. The van der Waals surface area contributed by atoms with Gasteiger partial charge in [0.05, 0.1) is 13.1 Å². The Morgan fingerprint density at radius 1 is 1.30 bits per heavy atom. The van der Waals surface area contributed by atoms with Gasteiger partial charge in [-0.2, -0.15) is 0 Å². The zero-order chi connectivity index (χ0) is 13.9. The topological polar surface area (TPSA) is 41.6 Å². The van der Waals surface area contributed by atoms with Gasteiger partial charge in [-0.3, -0.25) is 0 Å². The van der Waals surface area contributed by atoms with Crippen LogP contribution in [0.1, 0.15) is 18.4 Å². The fourth-order valence-electron chi connectivity index (χ4n) is 2.96. The van der Waals surface area contributed by atoms with Crippen molar-refractivity contribution in [1.29, 1.82) is 0 Å². The molecule has 1 unspecified atom stereocenters. The summed E-state index contributed by atoms with van der Waals surface area (Å²) in [6.07, 6.45) is 1.70. The molecule has 2 aliphatic heterocycles. The third-order valence-corrected chi connectivity index (χ3v) is 4.14. The molecule has 0 saturated carbocycles. The predicted molar refractivity (Wildman–Crippen MR) is 72.7 cm³/mol. The van der Waals surface area contributed by atoms with E-state index in [1.807, 2.05) is 0 Å². The third-order valence-electron chi connectivity index (χ3n) is 4.14. The van der Waals surface area contributed by atoms with E-state index in [0.717, 1.165) is 25.9 Å². The largest absolute Gasteiger partial charge is 0.444 e. The summed E-state index contributed by atoms with van der Waals surface area (Å²) < 4.78 is 19.1. The van der Waals surface area contributed by atoms with Crippen molar-refractivity contribution < 1.29 is 13.9 Å². The molecule has 3 rings (SSSR count). The molecular weight excluding hydrogens is 259 g/mol. The van der Waals surface area contributed by atoms with E-state index in [-0.39, 0.29) is 24.6 Å². The number of carbonyl (C=O) groups is 1. The van der Waals surface area contributed by atoms with Crippen molar-refractivity contribution in [3.8, 4) is 0 Å². The minimum absolute atomic E-state index is 0.0450. The minimum Gasteiger partial charge on any atom is -0.444 e. The van der Waals surface area contributed by atoms with Gasteiger partial charge in [0.25, 0.3) is 0 Å². The highest BCUT2D eigenvalue weighted by Gasteiger charge is 2.37. The Labute approximate surface area is 117 Å². The van der Waals surface area contributed by atoms with Crippen LogP contribution in [0.3, 0.4) is 0 Å². The first-order valence-electron chi connectivity index (χ1n) is 7.14. The van der Waals surface area contributed by atoms with Gasteiger partial charge in [-0.15, -0.1) is 0 Å². The smallest absolute Gasteiger partial charge is 0.410 e. The molecule has 1 amide bonds. The van der Waals surface area contributed by atoms with E-state index in [4.69, 9.17) is 4.74 Å². The normalized spacial score (nSPS) is 23.9. The van der Waals surface area contributed by atoms with Gasteiger partial charge in [-0.25, -0.2) is 9.18 Å². The lowest BCUT2D eigenvalue weighted by Gasteiger charge is -2.26. The molecular formula is C15H19FN2O2. The maximum absolute atomic E-state index is 13.6. The molecule has 2 heterocycles. The molecule has 4 nitrogen and oxygen atoms in total. The lowest BCUT2D eigenvalue weighted by molar-refractivity contribution is 0.0905. The number of benzene rings is 1. The molecule has 1 aromatic rings. The van der Waals surface area contributed by atoms with Crippen LogP contribution >= 0.6 is 0 Å². The maximum atomic E-state index is 13.6. The molecule has 0 aliphatic carbocycles. The first-order chi connectivity index (χ1) is 9.74. The van der Waals surface area contributed by atoms with E-state index in [0.29, 0.717) is 18.0 Å². The number of halogens is 1. The second kappa shape index (κ2) is 5.79. The Morgan fingerprint density at radius 2 is 2.05 bits per heavy atom. The Bertz CT molecular complexity index is 489. The van der Waals surface area contributed by atoms with Gasteiger partial charge in [-0.1, -0.05) is 18.2 Å². The summed E-state index contributed by atoms with van der Waals surface area (Å²) >= 11 is 0. The van der Waals surface area contributed by atoms with Gasteiger partial charge in [0.2, 0.25) is 0 Å². The lowest BCUT2D eigenvalue weighted by Crippen LogP contribution is -2.36. The molecule has 0 spiro atoms. The Kier molecular flexibility index (Phi) is 3.87. The zero-order valence-electron chi connectivity index (χ0n) is 11.3. The van der Waals surface area contributed by atoms with Gasteiger partial charge in [0.1, 0.15) is 11.9 Å². The molecule has 1 atom stereocenters. The van der Waals surface area contributed by atoms with Gasteiger partial charge >= 0.3 is 6.09 Å². The second-order valence-corrected chi connectivity index (χ2v) is 5.48. The van der Waals surface area contributed by atoms with Gasteiger partial charge in [0.15, 0.2) is 0 Å². The van der Waals surface area contributed by atoms with Gasteiger partial charge < -0.3 is 15.0 Å². The number of amides is 1. The van der Waals surface area contributed by atoms with Crippen molar-refractivity contribution in [1.82, 2.24) is 10.2 Å². The van der Waals surface area contributed by atoms with Crippen molar-refractivity contribution in [3.05, 3.63) is 35.6 Å². The Balaban J connectivity index is 1.63. The molecule has 2 aliphatic rings. The van der Waals surface area contributed by atoms with Crippen LogP contribution in [0.25, 0.3) is 0 Å². The fraction of sp³-hybridized carbons (Fsp3) is 0.533. The first-order valence-corrected chi connectivity index (χ1v) is 7.14. The summed E-state index contributed by atoms with van der Waals surface area (Å²) in [5.41, 5.74) is 0.537. The SMILES string of the molecule is O=C1OC(C2CCNCC2)CN1Cc1ccccc1F. The number of nitrogens with zero attached hydrogens (tertiary/aromatic N) is 1. The molecule has 1 N–H and O–H groups in total. The summed E-state index contributed by atoms with van der Waals surface area (Å²) in [5, 5.41) is 3.30. The summed E-state index contributed by atoms with van der Waals surface area (Å²) in [6.45, 7) is 2.81.